The number of hydrogen-bond acceptors (Lipinski definition) is 4. The van der Waals surface area contributed by atoms with Gasteiger partial charge in [0.25, 0.3) is 0 Å². The first-order chi connectivity index (χ1) is 7.99. The van der Waals surface area contributed by atoms with Gasteiger partial charge in [0, 0.05) is 19.6 Å². The van der Waals surface area contributed by atoms with Crippen LogP contribution in [0.3, 0.4) is 0 Å². The summed E-state index contributed by atoms with van der Waals surface area (Å²) in [5, 5.41) is 8.84. The van der Waals surface area contributed by atoms with E-state index in [9.17, 15) is 4.79 Å². The van der Waals surface area contributed by atoms with Gasteiger partial charge in [0.2, 0.25) is 0 Å². The van der Waals surface area contributed by atoms with Crippen molar-refractivity contribution in [3.8, 4) is 0 Å². The Bertz CT molecular complexity index is 380. The summed E-state index contributed by atoms with van der Waals surface area (Å²) in [4.78, 5) is 19.1. The highest BCUT2D eigenvalue weighted by molar-refractivity contribution is 5.85. The van der Waals surface area contributed by atoms with E-state index in [1.54, 1.807) is 6.07 Å². The molecule has 5 nitrogen and oxygen atoms in total. The Morgan fingerprint density at radius 2 is 2.00 bits per heavy atom. The minimum atomic E-state index is -0.984. The molecule has 1 heterocycles. The van der Waals surface area contributed by atoms with Gasteiger partial charge in [0.1, 0.15) is 5.69 Å². The molecule has 0 bridgehead atoms. The van der Waals surface area contributed by atoms with Crippen molar-refractivity contribution < 1.29 is 9.90 Å². The number of nitrogens with zero attached hydrogens (tertiary/aromatic N) is 3. The topological polar surface area (TPSA) is 56.7 Å². The third kappa shape index (κ3) is 4.93. The van der Waals surface area contributed by atoms with Crippen LogP contribution in [-0.4, -0.2) is 60.1 Å². The largest absolute Gasteiger partial charge is 0.477 e. The van der Waals surface area contributed by atoms with E-state index in [1.165, 1.54) is 6.07 Å². The first-order valence-electron chi connectivity index (χ1n) is 5.51. The Balaban J connectivity index is 2.56. The average Bonchev–Trinajstić information content (AvgIpc) is 2.26. The SMILES string of the molecule is CN(C)CCN(C)Cc1cccc(C(=O)O)n1. The summed E-state index contributed by atoms with van der Waals surface area (Å²) in [5.41, 5.74) is 0.884. The maximum absolute atomic E-state index is 10.8. The van der Waals surface area contributed by atoms with Crippen LogP contribution < -0.4 is 0 Å². The molecule has 0 fully saturated rings. The molecule has 0 aliphatic rings. The summed E-state index contributed by atoms with van der Waals surface area (Å²) >= 11 is 0. The highest BCUT2D eigenvalue weighted by atomic mass is 16.4. The minimum Gasteiger partial charge on any atom is -0.477 e. The Labute approximate surface area is 102 Å². The molecule has 0 amide bonds. The number of hydrogen-bond donors (Lipinski definition) is 1. The first-order valence-corrected chi connectivity index (χ1v) is 5.51. The van der Waals surface area contributed by atoms with Gasteiger partial charge in [-0.05, 0) is 33.3 Å². The van der Waals surface area contributed by atoms with Crippen molar-refractivity contribution in [1.82, 2.24) is 14.8 Å². The highest BCUT2D eigenvalue weighted by Crippen LogP contribution is 2.02. The average molecular weight is 237 g/mol. The van der Waals surface area contributed by atoms with E-state index in [4.69, 9.17) is 5.11 Å². The van der Waals surface area contributed by atoms with Gasteiger partial charge < -0.3 is 10.0 Å². The number of aromatic nitrogens is 1. The van der Waals surface area contributed by atoms with Gasteiger partial charge in [-0.25, -0.2) is 9.78 Å². The molecule has 1 N–H and O–H groups in total. The molecular formula is C12H19N3O2. The Hall–Kier alpha value is -1.46. The molecule has 0 aliphatic heterocycles. The number of likely N-dealkylation sites (N-methyl/N-ethyl adjacent to an activating group) is 2. The first kappa shape index (κ1) is 13.6. The zero-order valence-corrected chi connectivity index (χ0v) is 10.6. The summed E-state index contributed by atoms with van der Waals surface area (Å²) in [5.74, 6) is -0.984. The second-order valence-corrected chi connectivity index (χ2v) is 4.36. The number of carboxylic acids is 1. The van der Waals surface area contributed by atoms with E-state index in [0.717, 1.165) is 18.8 Å². The zero-order valence-electron chi connectivity index (χ0n) is 10.6. The summed E-state index contributed by atoms with van der Waals surface area (Å²) in [6.45, 7) is 2.55. The number of pyridine rings is 1. The molecule has 0 aromatic carbocycles. The van der Waals surface area contributed by atoms with Crippen LogP contribution in [0.5, 0.6) is 0 Å². The van der Waals surface area contributed by atoms with Crippen molar-refractivity contribution in [3.63, 3.8) is 0 Å². The van der Waals surface area contributed by atoms with Crippen LogP contribution in [0.4, 0.5) is 0 Å². The van der Waals surface area contributed by atoms with Gasteiger partial charge in [-0.2, -0.15) is 0 Å². The molecule has 0 atom stereocenters. The summed E-state index contributed by atoms with van der Waals surface area (Å²) in [7, 11) is 6.05. The molecular weight excluding hydrogens is 218 g/mol. The fourth-order valence-corrected chi connectivity index (χ4v) is 1.41. The fourth-order valence-electron chi connectivity index (χ4n) is 1.41. The van der Waals surface area contributed by atoms with Gasteiger partial charge in [0.05, 0.1) is 5.69 Å². The van der Waals surface area contributed by atoms with Crippen molar-refractivity contribution in [2.75, 3.05) is 34.2 Å². The minimum absolute atomic E-state index is 0.100. The molecule has 1 aromatic heterocycles. The van der Waals surface area contributed by atoms with E-state index >= 15 is 0 Å². The van der Waals surface area contributed by atoms with Crippen molar-refractivity contribution >= 4 is 5.97 Å². The predicted molar refractivity (Wildman–Crippen MR) is 66.1 cm³/mol. The maximum atomic E-state index is 10.8. The molecule has 5 heteroatoms. The van der Waals surface area contributed by atoms with Crippen LogP contribution in [0.25, 0.3) is 0 Å². The lowest BCUT2D eigenvalue weighted by Gasteiger charge is -2.18. The van der Waals surface area contributed by atoms with Gasteiger partial charge in [-0.15, -0.1) is 0 Å². The van der Waals surface area contributed by atoms with Gasteiger partial charge in [0.15, 0.2) is 0 Å². The highest BCUT2D eigenvalue weighted by Gasteiger charge is 2.07. The lowest BCUT2D eigenvalue weighted by molar-refractivity contribution is 0.0690. The van der Waals surface area contributed by atoms with Crippen LogP contribution in [0.2, 0.25) is 0 Å². The molecule has 0 unspecified atom stereocenters. The molecule has 0 saturated carbocycles. The van der Waals surface area contributed by atoms with Crippen LogP contribution in [0.15, 0.2) is 18.2 Å². The van der Waals surface area contributed by atoms with Crippen molar-refractivity contribution in [2.24, 2.45) is 0 Å². The Morgan fingerprint density at radius 1 is 1.29 bits per heavy atom. The summed E-state index contributed by atoms with van der Waals surface area (Å²) in [6, 6.07) is 5.08. The zero-order chi connectivity index (χ0) is 12.8. The number of carboxylic acid groups (broad SMARTS) is 1. The molecule has 1 aromatic rings. The maximum Gasteiger partial charge on any atom is 0.354 e. The molecule has 0 aliphatic carbocycles. The van der Waals surface area contributed by atoms with E-state index < -0.39 is 5.97 Å². The molecule has 0 spiro atoms. The van der Waals surface area contributed by atoms with Crippen LogP contribution in [0.1, 0.15) is 16.2 Å². The van der Waals surface area contributed by atoms with E-state index in [-0.39, 0.29) is 5.69 Å². The number of aromatic carboxylic acids is 1. The monoisotopic (exact) mass is 237 g/mol. The molecule has 0 radical (unpaired) electrons. The van der Waals surface area contributed by atoms with Gasteiger partial charge >= 0.3 is 5.97 Å². The van der Waals surface area contributed by atoms with E-state index in [2.05, 4.69) is 14.8 Å². The second-order valence-electron chi connectivity index (χ2n) is 4.36. The summed E-state index contributed by atoms with van der Waals surface area (Å²) in [6.07, 6.45) is 0. The van der Waals surface area contributed by atoms with Gasteiger partial charge in [-0.3, -0.25) is 4.90 Å². The normalized spacial score (nSPS) is 11.1. The third-order valence-electron chi connectivity index (χ3n) is 2.39. The van der Waals surface area contributed by atoms with Crippen LogP contribution >= 0.6 is 0 Å². The lowest BCUT2D eigenvalue weighted by atomic mass is 10.3. The number of rotatable bonds is 6. The lowest BCUT2D eigenvalue weighted by Crippen LogP contribution is -2.28. The second kappa shape index (κ2) is 6.32. The van der Waals surface area contributed by atoms with Crippen LogP contribution in [-0.2, 0) is 6.54 Å². The quantitative estimate of drug-likeness (QED) is 0.792. The van der Waals surface area contributed by atoms with E-state index in [0.29, 0.717) is 6.54 Å². The third-order valence-corrected chi connectivity index (χ3v) is 2.39. The molecule has 17 heavy (non-hydrogen) atoms. The van der Waals surface area contributed by atoms with Gasteiger partial charge in [-0.1, -0.05) is 6.07 Å². The summed E-state index contributed by atoms with van der Waals surface area (Å²) < 4.78 is 0. The van der Waals surface area contributed by atoms with E-state index in [1.807, 2.05) is 27.2 Å². The van der Waals surface area contributed by atoms with Crippen molar-refractivity contribution in [3.05, 3.63) is 29.6 Å². The number of carbonyl (C=O) groups is 1. The standard InChI is InChI=1S/C12H19N3O2/c1-14(2)7-8-15(3)9-10-5-4-6-11(13-10)12(16)17/h4-6H,7-9H2,1-3H3,(H,16,17). The van der Waals surface area contributed by atoms with Crippen molar-refractivity contribution in [2.45, 2.75) is 6.54 Å². The Morgan fingerprint density at radius 3 is 2.59 bits per heavy atom. The fraction of sp³-hybridized carbons (Fsp3) is 0.500. The molecule has 0 saturated heterocycles. The predicted octanol–water partition coefficient (Wildman–Crippen LogP) is 0.773. The molecule has 94 valence electrons. The Kier molecular flexibility index (Phi) is 5.06. The molecule has 1 rings (SSSR count). The smallest absolute Gasteiger partial charge is 0.354 e. The van der Waals surface area contributed by atoms with Crippen LogP contribution in [0, 0.1) is 0 Å². The van der Waals surface area contributed by atoms with Crippen molar-refractivity contribution in [1.29, 1.82) is 0 Å².